The van der Waals surface area contributed by atoms with E-state index in [-0.39, 0.29) is 17.9 Å². The van der Waals surface area contributed by atoms with Crippen molar-refractivity contribution in [3.05, 3.63) is 70.6 Å². The number of halogens is 1. The SMILES string of the molecule is Cc1ccc(C(=O)NC2CC2)cc1NC(=O)c1ccc(-c2ccc(F)nc2)s1. The molecule has 4 rings (SSSR count). The maximum Gasteiger partial charge on any atom is 0.265 e. The summed E-state index contributed by atoms with van der Waals surface area (Å²) in [5.41, 5.74) is 2.75. The Kier molecular flexibility index (Phi) is 4.92. The second kappa shape index (κ2) is 7.52. The molecule has 1 aliphatic carbocycles. The van der Waals surface area contributed by atoms with Crippen LogP contribution in [0.5, 0.6) is 0 Å². The van der Waals surface area contributed by atoms with Gasteiger partial charge in [-0.25, -0.2) is 4.98 Å². The smallest absolute Gasteiger partial charge is 0.265 e. The van der Waals surface area contributed by atoms with E-state index in [2.05, 4.69) is 15.6 Å². The summed E-state index contributed by atoms with van der Waals surface area (Å²) >= 11 is 1.30. The van der Waals surface area contributed by atoms with Gasteiger partial charge in [-0.2, -0.15) is 4.39 Å². The highest BCUT2D eigenvalue weighted by atomic mass is 32.1. The number of benzene rings is 1. The molecule has 0 saturated heterocycles. The Morgan fingerprint density at radius 3 is 2.64 bits per heavy atom. The van der Waals surface area contributed by atoms with Crippen LogP contribution in [0, 0.1) is 12.9 Å². The van der Waals surface area contributed by atoms with Gasteiger partial charge in [0.15, 0.2) is 0 Å². The lowest BCUT2D eigenvalue weighted by Crippen LogP contribution is -2.25. The minimum Gasteiger partial charge on any atom is -0.349 e. The summed E-state index contributed by atoms with van der Waals surface area (Å²) in [4.78, 5) is 29.9. The molecule has 1 saturated carbocycles. The molecule has 2 heterocycles. The lowest BCUT2D eigenvalue weighted by molar-refractivity contribution is 0.0949. The van der Waals surface area contributed by atoms with Crippen molar-refractivity contribution in [3.8, 4) is 10.4 Å². The third-order valence-electron chi connectivity index (χ3n) is 4.50. The molecule has 2 aromatic heterocycles. The molecule has 1 aliphatic rings. The lowest BCUT2D eigenvalue weighted by Gasteiger charge is -2.10. The molecule has 142 valence electrons. The van der Waals surface area contributed by atoms with Crippen LogP contribution in [-0.2, 0) is 0 Å². The third kappa shape index (κ3) is 4.09. The van der Waals surface area contributed by atoms with Crippen LogP contribution in [0.4, 0.5) is 10.1 Å². The number of hydrogen-bond acceptors (Lipinski definition) is 4. The second-order valence-electron chi connectivity index (χ2n) is 6.77. The van der Waals surface area contributed by atoms with E-state index in [1.807, 2.05) is 13.0 Å². The van der Waals surface area contributed by atoms with E-state index in [9.17, 15) is 14.0 Å². The zero-order chi connectivity index (χ0) is 19.7. The Balaban J connectivity index is 1.50. The summed E-state index contributed by atoms with van der Waals surface area (Å²) in [5.74, 6) is -0.922. The number of aromatic nitrogens is 1. The van der Waals surface area contributed by atoms with Crippen molar-refractivity contribution in [2.45, 2.75) is 25.8 Å². The van der Waals surface area contributed by atoms with Crippen LogP contribution in [0.2, 0.25) is 0 Å². The normalized spacial score (nSPS) is 13.2. The minimum atomic E-state index is -0.542. The molecule has 28 heavy (non-hydrogen) atoms. The van der Waals surface area contributed by atoms with Crippen LogP contribution in [0.1, 0.15) is 38.4 Å². The van der Waals surface area contributed by atoms with Crippen molar-refractivity contribution < 1.29 is 14.0 Å². The first-order valence-electron chi connectivity index (χ1n) is 8.94. The highest BCUT2D eigenvalue weighted by Gasteiger charge is 2.24. The molecule has 1 fully saturated rings. The Bertz CT molecular complexity index is 1040. The number of nitrogens with zero attached hydrogens (tertiary/aromatic N) is 1. The van der Waals surface area contributed by atoms with Crippen molar-refractivity contribution >= 4 is 28.8 Å². The summed E-state index contributed by atoms with van der Waals surface area (Å²) < 4.78 is 13.0. The average molecular weight is 395 g/mol. The Labute approximate surface area is 165 Å². The van der Waals surface area contributed by atoms with E-state index >= 15 is 0 Å². The fraction of sp³-hybridized carbons (Fsp3) is 0.190. The molecular weight excluding hydrogens is 377 g/mol. The zero-order valence-electron chi connectivity index (χ0n) is 15.2. The van der Waals surface area contributed by atoms with Crippen LogP contribution in [0.25, 0.3) is 10.4 Å². The predicted octanol–water partition coefficient (Wildman–Crippen LogP) is 4.40. The summed E-state index contributed by atoms with van der Waals surface area (Å²) in [6, 6.07) is 12.0. The quantitative estimate of drug-likeness (QED) is 0.629. The Morgan fingerprint density at radius 1 is 1.11 bits per heavy atom. The van der Waals surface area contributed by atoms with Crippen LogP contribution < -0.4 is 10.6 Å². The predicted molar refractivity (Wildman–Crippen MR) is 107 cm³/mol. The molecule has 0 aliphatic heterocycles. The molecule has 1 aromatic carbocycles. The molecule has 5 nitrogen and oxygen atoms in total. The summed E-state index contributed by atoms with van der Waals surface area (Å²) in [7, 11) is 0. The van der Waals surface area contributed by atoms with Crippen molar-refractivity contribution in [3.63, 3.8) is 0 Å². The van der Waals surface area contributed by atoms with Gasteiger partial charge in [0.2, 0.25) is 5.95 Å². The number of thiophene rings is 1. The van der Waals surface area contributed by atoms with Gasteiger partial charge in [-0.3, -0.25) is 9.59 Å². The van der Waals surface area contributed by atoms with Gasteiger partial charge in [-0.1, -0.05) is 6.07 Å². The number of amides is 2. The molecule has 0 unspecified atom stereocenters. The van der Waals surface area contributed by atoms with Crippen LogP contribution >= 0.6 is 11.3 Å². The first-order valence-corrected chi connectivity index (χ1v) is 9.76. The van der Waals surface area contributed by atoms with E-state index in [0.717, 1.165) is 28.8 Å². The first-order chi connectivity index (χ1) is 13.5. The number of aryl methyl sites for hydroxylation is 1. The molecule has 2 amide bonds. The average Bonchev–Trinajstić information content (AvgIpc) is 3.35. The van der Waals surface area contributed by atoms with Crippen molar-refractivity contribution in [1.82, 2.24) is 10.3 Å². The van der Waals surface area contributed by atoms with Gasteiger partial charge in [0.25, 0.3) is 11.8 Å². The van der Waals surface area contributed by atoms with Gasteiger partial charge < -0.3 is 10.6 Å². The van der Waals surface area contributed by atoms with E-state index in [1.165, 1.54) is 23.6 Å². The fourth-order valence-electron chi connectivity index (χ4n) is 2.71. The summed E-state index contributed by atoms with van der Waals surface area (Å²) in [6.07, 6.45) is 3.48. The monoisotopic (exact) mass is 395 g/mol. The van der Waals surface area contributed by atoms with Gasteiger partial charge in [0.05, 0.1) is 4.88 Å². The van der Waals surface area contributed by atoms with E-state index in [4.69, 9.17) is 0 Å². The Hall–Kier alpha value is -3.06. The number of carbonyl (C=O) groups is 2. The van der Waals surface area contributed by atoms with Gasteiger partial charge in [-0.15, -0.1) is 11.3 Å². The van der Waals surface area contributed by atoms with E-state index in [1.54, 1.807) is 30.3 Å². The molecular formula is C21H18FN3O2S. The van der Waals surface area contributed by atoms with E-state index in [0.29, 0.717) is 16.1 Å². The number of pyridine rings is 1. The zero-order valence-corrected chi connectivity index (χ0v) is 16.0. The van der Waals surface area contributed by atoms with E-state index < -0.39 is 5.95 Å². The number of nitrogens with one attached hydrogen (secondary N) is 2. The number of carbonyl (C=O) groups excluding carboxylic acids is 2. The largest absolute Gasteiger partial charge is 0.349 e. The molecule has 7 heteroatoms. The maximum absolute atomic E-state index is 13.0. The lowest BCUT2D eigenvalue weighted by atomic mass is 10.1. The topological polar surface area (TPSA) is 71.1 Å². The number of rotatable bonds is 5. The number of anilines is 1. The number of hydrogen-bond donors (Lipinski definition) is 2. The second-order valence-corrected chi connectivity index (χ2v) is 7.85. The molecule has 0 spiro atoms. The van der Waals surface area contributed by atoms with Gasteiger partial charge in [-0.05, 0) is 61.7 Å². The van der Waals surface area contributed by atoms with Gasteiger partial charge >= 0.3 is 0 Å². The molecule has 0 radical (unpaired) electrons. The van der Waals surface area contributed by atoms with Crippen molar-refractivity contribution in [1.29, 1.82) is 0 Å². The standard InChI is InChI=1S/C21H18FN3O2S/c1-12-2-3-13(20(26)24-15-5-6-15)10-16(12)25-21(27)18-8-7-17(28-18)14-4-9-19(22)23-11-14/h2-4,7-11,15H,5-6H2,1H3,(H,24,26)(H,25,27). The van der Waals surface area contributed by atoms with Crippen molar-refractivity contribution in [2.75, 3.05) is 5.32 Å². The highest BCUT2D eigenvalue weighted by Crippen LogP contribution is 2.29. The highest BCUT2D eigenvalue weighted by molar-refractivity contribution is 7.17. The van der Waals surface area contributed by atoms with Crippen LogP contribution in [0.3, 0.4) is 0 Å². The van der Waals surface area contributed by atoms with Crippen molar-refractivity contribution in [2.24, 2.45) is 0 Å². The Morgan fingerprint density at radius 2 is 1.93 bits per heavy atom. The molecule has 0 bridgehead atoms. The van der Waals surface area contributed by atoms with Crippen LogP contribution in [0.15, 0.2) is 48.7 Å². The summed E-state index contributed by atoms with van der Waals surface area (Å²) in [5, 5.41) is 5.83. The molecule has 0 atom stereocenters. The third-order valence-corrected chi connectivity index (χ3v) is 5.64. The minimum absolute atomic E-state index is 0.125. The molecule has 3 aromatic rings. The maximum atomic E-state index is 13.0. The van der Waals surface area contributed by atoms with Gasteiger partial charge in [0, 0.05) is 33.9 Å². The molecule has 2 N–H and O–H groups in total. The van der Waals surface area contributed by atoms with Crippen LogP contribution in [-0.4, -0.2) is 22.8 Å². The summed E-state index contributed by atoms with van der Waals surface area (Å²) in [6.45, 7) is 1.88. The first kappa shape index (κ1) is 18.3. The van der Waals surface area contributed by atoms with Gasteiger partial charge in [0.1, 0.15) is 0 Å². The fourth-order valence-corrected chi connectivity index (χ4v) is 3.61.